The molecule has 3 aromatic rings. The van der Waals surface area contributed by atoms with Gasteiger partial charge in [-0.1, -0.05) is 24.3 Å². The highest BCUT2D eigenvalue weighted by Crippen LogP contribution is 2.40. The van der Waals surface area contributed by atoms with E-state index in [0.717, 1.165) is 6.07 Å². The van der Waals surface area contributed by atoms with Gasteiger partial charge in [0.25, 0.3) is 11.7 Å². The first-order chi connectivity index (χ1) is 15.8. The monoisotopic (exact) mass is 449 g/mol. The van der Waals surface area contributed by atoms with Crippen molar-refractivity contribution in [3.63, 3.8) is 0 Å². The second-order valence-electron chi connectivity index (χ2n) is 7.58. The summed E-state index contributed by atoms with van der Waals surface area (Å²) in [6, 6.07) is 12.5. The Hall–Kier alpha value is -4.20. The Morgan fingerprint density at radius 3 is 2.42 bits per heavy atom. The van der Waals surface area contributed by atoms with E-state index in [1.54, 1.807) is 31.2 Å². The number of ketones is 1. The summed E-state index contributed by atoms with van der Waals surface area (Å²) < 4.78 is 24.2. The van der Waals surface area contributed by atoms with Crippen molar-refractivity contribution in [3.8, 4) is 0 Å². The standard InChI is InChI=1S/C25H20FNO6/c1-14-5-6-17(12-19(14)26)22(28)20-21(15-7-9-16(10-8-15)25(31)32-2)27(24(30)23(20)29)13-18-4-3-11-33-18/h3-12,21,28H,13H2,1-2H3. The van der Waals surface area contributed by atoms with E-state index in [0.29, 0.717) is 16.9 Å². The van der Waals surface area contributed by atoms with Gasteiger partial charge in [0.1, 0.15) is 17.3 Å². The van der Waals surface area contributed by atoms with Gasteiger partial charge in [-0.25, -0.2) is 9.18 Å². The fourth-order valence-electron chi connectivity index (χ4n) is 3.78. The quantitative estimate of drug-likeness (QED) is 0.272. The smallest absolute Gasteiger partial charge is 0.337 e. The fourth-order valence-corrected chi connectivity index (χ4v) is 3.78. The number of aliphatic hydroxyl groups is 1. The molecule has 0 aliphatic carbocycles. The zero-order valence-electron chi connectivity index (χ0n) is 17.9. The number of hydrogen-bond acceptors (Lipinski definition) is 6. The maximum atomic E-state index is 14.2. The summed E-state index contributed by atoms with van der Waals surface area (Å²) in [6.45, 7) is 1.55. The van der Waals surface area contributed by atoms with Crippen LogP contribution < -0.4 is 0 Å². The van der Waals surface area contributed by atoms with Crippen LogP contribution in [0.4, 0.5) is 4.39 Å². The van der Waals surface area contributed by atoms with E-state index in [1.807, 2.05) is 0 Å². The molecule has 1 saturated heterocycles. The molecule has 168 valence electrons. The van der Waals surface area contributed by atoms with Crippen LogP contribution in [0.2, 0.25) is 0 Å². The molecule has 1 atom stereocenters. The van der Waals surface area contributed by atoms with Crippen LogP contribution in [0.25, 0.3) is 5.76 Å². The molecule has 0 saturated carbocycles. The Bertz CT molecular complexity index is 1260. The first-order valence-electron chi connectivity index (χ1n) is 10.1. The van der Waals surface area contributed by atoms with Crippen molar-refractivity contribution in [3.05, 3.63) is 100 Å². The van der Waals surface area contributed by atoms with Crippen molar-refractivity contribution < 1.29 is 33.0 Å². The molecule has 7 nitrogen and oxygen atoms in total. The lowest BCUT2D eigenvalue weighted by Crippen LogP contribution is -2.29. The molecule has 0 radical (unpaired) electrons. The molecular formula is C25H20FNO6. The van der Waals surface area contributed by atoms with E-state index in [4.69, 9.17) is 9.15 Å². The number of rotatable bonds is 5. The maximum absolute atomic E-state index is 14.2. The Balaban J connectivity index is 1.85. The van der Waals surface area contributed by atoms with Crippen molar-refractivity contribution in [2.45, 2.75) is 19.5 Å². The molecule has 2 aromatic carbocycles. The molecule has 33 heavy (non-hydrogen) atoms. The van der Waals surface area contributed by atoms with E-state index in [1.165, 1.54) is 42.5 Å². The normalized spacial score (nSPS) is 17.4. The number of esters is 1. The molecule has 4 rings (SSSR count). The van der Waals surface area contributed by atoms with Gasteiger partial charge in [0.05, 0.1) is 37.1 Å². The number of methoxy groups -OCH3 is 1. The molecule has 1 aliphatic rings. The van der Waals surface area contributed by atoms with Crippen LogP contribution in [0.15, 0.2) is 70.9 Å². The lowest BCUT2D eigenvalue weighted by molar-refractivity contribution is -0.140. The summed E-state index contributed by atoms with van der Waals surface area (Å²) in [4.78, 5) is 39.0. The molecule has 1 unspecified atom stereocenters. The van der Waals surface area contributed by atoms with Crippen molar-refractivity contribution in [2.75, 3.05) is 7.11 Å². The number of nitrogens with zero attached hydrogens (tertiary/aromatic N) is 1. The van der Waals surface area contributed by atoms with Crippen LogP contribution in [0.5, 0.6) is 0 Å². The van der Waals surface area contributed by atoms with Gasteiger partial charge < -0.3 is 19.2 Å². The van der Waals surface area contributed by atoms with Gasteiger partial charge in [-0.15, -0.1) is 0 Å². The number of Topliss-reactive ketones (excluding diaryl/α,β-unsaturated/α-hetero) is 1. The molecule has 0 spiro atoms. The highest BCUT2D eigenvalue weighted by Gasteiger charge is 2.46. The number of aliphatic hydroxyl groups excluding tert-OH is 1. The zero-order chi connectivity index (χ0) is 23.7. The van der Waals surface area contributed by atoms with Crippen molar-refractivity contribution in [2.24, 2.45) is 0 Å². The van der Waals surface area contributed by atoms with Gasteiger partial charge in [0, 0.05) is 5.56 Å². The second kappa shape index (κ2) is 8.74. The number of furan rings is 1. The molecule has 1 aromatic heterocycles. The van der Waals surface area contributed by atoms with Gasteiger partial charge in [-0.2, -0.15) is 0 Å². The number of amides is 1. The number of carbonyl (C=O) groups is 3. The lowest BCUT2D eigenvalue weighted by Gasteiger charge is -2.24. The van der Waals surface area contributed by atoms with Gasteiger partial charge in [0.15, 0.2) is 0 Å². The first-order valence-corrected chi connectivity index (χ1v) is 10.1. The van der Waals surface area contributed by atoms with E-state index < -0.39 is 35.3 Å². The van der Waals surface area contributed by atoms with Gasteiger partial charge in [0.2, 0.25) is 0 Å². The minimum absolute atomic E-state index is 0.0277. The SMILES string of the molecule is COC(=O)c1ccc(C2C(=C(O)c3ccc(C)c(F)c3)C(=O)C(=O)N2Cc2ccco2)cc1. The predicted octanol–water partition coefficient (Wildman–Crippen LogP) is 4.14. The van der Waals surface area contributed by atoms with Crippen LogP contribution in [0.3, 0.4) is 0 Å². The molecule has 1 aliphatic heterocycles. The van der Waals surface area contributed by atoms with Crippen LogP contribution in [0.1, 0.15) is 38.9 Å². The summed E-state index contributed by atoms with van der Waals surface area (Å²) >= 11 is 0. The third kappa shape index (κ3) is 4.03. The minimum atomic E-state index is -0.980. The van der Waals surface area contributed by atoms with Crippen LogP contribution in [-0.2, 0) is 20.9 Å². The number of likely N-dealkylation sites (tertiary alicyclic amines) is 1. The van der Waals surface area contributed by atoms with E-state index in [2.05, 4.69) is 0 Å². The Labute approximate surface area is 188 Å². The maximum Gasteiger partial charge on any atom is 0.337 e. The Morgan fingerprint density at radius 2 is 1.82 bits per heavy atom. The fraction of sp³-hybridized carbons (Fsp3) is 0.160. The predicted molar refractivity (Wildman–Crippen MR) is 115 cm³/mol. The van der Waals surface area contributed by atoms with Crippen LogP contribution >= 0.6 is 0 Å². The van der Waals surface area contributed by atoms with Gasteiger partial charge in [-0.3, -0.25) is 9.59 Å². The van der Waals surface area contributed by atoms with E-state index in [-0.39, 0.29) is 23.2 Å². The molecule has 1 amide bonds. The second-order valence-corrected chi connectivity index (χ2v) is 7.58. The Kier molecular flexibility index (Phi) is 5.83. The average molecular weight is 449 g/mol. The molecule has 8 heteroatoms. The topological polar surface area (TPSA) is 97.0 Å². The number of carbonyl (C=O) groups excluding carboxylic acids is 3. The molecular weight excluding hydrogens is 429 g/mol. The Morgan fingerprint density at radius 1 is 1.12 bits per heavy atom. The highest BCUT2D eigenvalue weighted by atomic mass is 19.1. The van der Waals surface area contributed by atoms with E-state index >= 15 is 0 Å². The minimum Gasteiger partial charge on any atom is -0.507 e. The molecule has 1 fully saturated rings. The summed E-state index contributed by atoms with van der Waals surface area (Å²) in [7, 11) is 1.26. The van der Waals surface area contributed by atoms with Crippen LogP contribution in [0, 0.1) is 12.7 Å². The van der Waals surface area contributed by atoms with Crippen molar-refractivity contribution in [1.82, 2.24) is 4.90 Å². The van der Waals surface area contributed by atoms with Gasteiger partial charge >= 0.3 is 5.97 Å². The summed E-state index contributed by atoms with van der Waals surface area (Å²) in [5.74, 6) is -2.88. The van der Waals surface area contributed by atoms with Crippen LogP contribution in [-0.4, -0.2) is 34.8 Å². The molecule has 2 heterocycles. The molecule has 0 bridgehead atoms. The highest BCUT2D eigenvalue weighted by molar-refractivity contribution is 6.46. The average Bonchev–Trinajstić information content (AvgIpc) is 3.42. The molecule has 1 N–H and O–H groups in total. The van der Waals surface area contributed by atoms with Gasteiger partial charge in [-0.05, 0) is 48.4 Å². The third-order valence-corrected chi connectivity index (χ3v) is 5.54. The lowest BCUT2D eigenvalue weighted by atomic mass is 9.94. The summed E-state index contributed by atoms with van der Waals surface area (Å²) in [5, 5.41) is 11.0. The van der Waals surface area contributed by atoms with Crippen molar-refractivity contribution >= 4 is 23.4 Å². The zero-order valence-corrected chi connectivity index (χ0v) is 17.9. The largest absolute Gasteiger partial charge is 0.507 e. The number of hydrogen-bond donors (Lipinski definition) is 1. The first kappa shape index (κ1) is 22.0. The van der Waals surface area contributed by atoms with E-state index in [9.17, 15) is 23.9 Å². The van der Waals surface area contributed by atoms with Crippen molar-refractivity contribution in [1.29, 1.82) is 0 Å². The number of ether oxygens (including phenoxy) is 1. The number of benzene rings is 2. The summed E-state index contributed by atoms with van der Waals surface area (Å²) in [5.41, 5.74) is 1.03. The number of aryl methyl sites for hydroxylation is 1. The number of halogens is 1. The third-order valence-electron chi connectivity index (χ3n) is 5.54. The summed E-state index contributed by atoms with van der Waals surface area (Å²) in [6.07, 6.45) is 1.45.